The highest BCUT2D eigenvalue weighted by Gasteiger charge is 2.14. The summed E-state index contributed by atoms with van der Waals surface area (Å²) >= 11 is 0. The second-order valence-electron chi connectivity index (χ2n) is 4.00. The Balaban J connectivity index is 2.11. The maximum atomic E-state index is 9.30. The number of fused-ring (bicyclic) bond motifs is 1. The van der Waals surface area contributed by atoms with E-state index in [2.05, 4.69) is 5.32 Å². The number of hydrogen-bond acceptors (Lipinski definition) is 3. The summed E-state index contributed by atoms with van der Waals surface area (Å²) in [5, 5.41) is 12.7. The smallest absolute Gasteiger partial charge is 0.143 e. The van der Waals surface area contributed by atoms with Crippen molar-refractivity contribution in [1.82, 2.24) is 0 Å². The molecule has 3 rings (SSSR count). The van der Waals surface area contributed by atoms with Gasteiger partial charge in [-0.3, -0.25) is 0 Å². The van der Waals surface area contributed by atoms with Crippen LogP contribution >= 0.6 is 0 Å². The third-order valence-corrected chi connectivity index (χ3v) is 2.87. The Morgan fingerprint density at radius 2 is 1.88 bits per heavy atom. The predicted octanol–water partition coefficient (Wildman–Crippen LogP) is 2.86. The first-order chi connectivity index (χ1) is 8.34. The molecule has 2 N–H and O–H groups in total. The first-order valence-electron chi connectivity index (χ1n) is 5.64. The monoisotopic (exact) mass is 227 g/mol. The molecule has 0 amide bonds. The van der Waals surface area contributed by atoms with E-state index >= 15 is 0 Å². The summed E-state index contributed by atoms with van der Waals surface area (Å²) in [5.74, 6) is 1.17. The molecule has 1 aliphatic rings. The largest absolute Gasteiger partial charge is 0.508 e. The molecular weight excluding hydrogens is 214 g/mol. The molecule has 0 aromatic heterocycles. The van der Waals surface area contributed by atoms with Crippen molar-refractivity contribution in [3.05, 3.63) is 42.5 Å². The van der Waals surface area contributed by atoms with Gasteiger partial charge in [0.25, 0.3) is 0 Å². The summed E-state index contributed by atoms with van der Waals surface area (Å²) in [7, 11) is 0. The lowest BCUT2D eigenvalue weighted by molar-refractivity contribution is 0.323. The van der Waals surface area contributed by atoms with Crippen molar-refractivity contribution >= 4 is 5.69 Å². The molecule has 17 heavy (non-hydrogen) atoms. The quantitative estimate of drug-likeness (QED) is 0.787. The SMILES string of the molecule is Oc1ccc(-c2cccc3c2NCCO3)cc1. The normalized spacial score (nSPS) is 13.4. The third-order valence-electron chi connectivity index (χ3n) is 2.87. The molecule has 2 aromatic rings. The first-order valence-corrected chi connectivity index (χ1v) is 5.64. The molecule has 0 saturated heterocycles. The van der Waals surface area contributed by atoms with Crippen LogP contribution in [-0.2, 0) is 0 Å². The molecule has 0 radical (unpaired) electrons. The van der Waals surface area contributed by atoms with Crippen LogP contribution in [0.3, 0.4) is 0 Å². The standard InChI is InChI=1S/C14H13NO2/c16-11-6-4-10(5-7-11)12-2-1-3-13-14(12)15-8-9-17-13/h1-7,15-16H,8-9H2. The van der Waals surface area contributed by atoms with Gasteiger partial charge in [-0.05, 0) is 23.8 Å². The van der Waals surface area contributed by atoms with E-state index in [0.717, 1.165) is 29.1 Å². The molecule has 0 unspecified atom stereocenters. The predicted molar refractivity (Wildman–Crippen MR) is 67.5 cm³/mol. The molecule has 0 saturated carbocycles. The van der Waals surface area contributed by atoms with E-state index in [0.29, 0.717) is 6.61 Å². The molecule has 0 bridgehead atoms. The van der Waals surface area contributed by atoms with Crippen LogP contribution in [0.15, 0.2) is 42.5 Å². The summed E-state index contributed by atoms with van der Waals surface area (Å²) in [6.07, 6.45) is 0. The van der Waals surface area contributed by atoms with Crippen LogP contribution in [0.25, 0.3) is 11.1 Å². The molecule has 2 aromatic carbocycles. The number of para-hydroxylation sites is 1. The molecule has 0 spiro atoms. The van der Waals surface area contributed by atoms with E-state index in [1.807, 2.05) is 30.3 Å². The molecule has 1 aliphatic heterocycles. The summed E-state index contributed by atoms with van der Waals surface area (Å²) < 4.78 is 5.60. The number of hydrogen-bond donors (Lipinski definition) is 2. The van der Waals surface area contributed by atoms with E-state index in [4.69, 9.17) is 4.74 Å². The van der Waals surface area contributed by atoms with Crippen molar-refractivity contribution in [2.75, 3.05) is 18.5 Å². The lowest BCUT2D eigenvalue weighted by Gasteiger charge is -2.21. The van der Waals surface area contributed by atoms with Gasteiger partial charge in [0, 0.05) is 12.1 Å². The Hall–Kier alpha value is -2.16. The molecule has 0 fully saturated rings. The lowest BCUT2D eigenvalue weighted by Crippen LogP contribution is -2.18. The van der Waals surface area contributed by atoms with Crippen molar-refractivity contribution in [2.45, 2.75) is 0 Å². The molecule has 0 atom stereocenters. The lowest BCUT2D eigenvalue weighted by atomic mass is 10.0. The average molecular weight is 227 g/mol. The molecule has 1 heterocycles. The molecule has 86 valence electrons. The van der Waals surface area contributed by atoms with Gasteiger partial charge in [0.15, 0.2) is 0 Å². The van der Waals surface area contributed by atoms with Gasteiger partial charge in [0.1, 0.15) is 18.1 Å². The number of phenolic OH excluding ortho intramolecular Hbond substituents is 1. The van der Waals surface area contributed by atoms with Crippen LogP contribution in [0.4, 0.5) is 5.69 Å². The first kappa shape index (κ1) is 10.0. The summed E-state index contributed by atoms with van der Waals surface area (Å²) in [6, 6.07) is 13.2. The molecule has 3 nitrogen and oxygen atoms in total. The van der Waals surface area contributed by atoms with Crippen molar-refractivity contribution in [1.29, 1.82) is 0 Å². The maximum Gasteiger partial charge on any atom is 0.143 e. The van der Waals surface area contributed by atoms with Crippen molar-refractivity contribution < 1.29 is 9.84 Å². The minimum Gasteiger partial charge on any atom is -0.508 e. The number of phenols is 1. The second kappa shape index (κ2) is 4.01. The average Bonchev–Trinajstić information content (AvgIpc) is 2.39. The second-order valence-corrected chi connectivity index (χ2v) is 4.00. The van der Waals surface area contributed by atoms with Crippen molar-refractivity contribution in [3.8, 4) is 22.6 Å². The van der Waals surface area contributed by atoms with Gasteiger partial charge in [0.2, 0.25) is 0 Å². The number of anilines is 1. The topological polar surface area (TPSA) is 41.5 Å². The number of aromatic hydroxyl groups is 1. The van der Waals surface area contributed by atoms with E-state index in [1.54, 1.807) is 12.1 Å². The summed E-state index contributed by atoms with van der Waals surface area (Å²) in [5.41, 5.74) is 3.20. The summed E-state index contributed by atoms with van der Waals surface area (Å²) in [4.78, 5) is 0. The fourth-order valence-corrected chi connectivity index (χ4v) is 2.05. The van der Waals surface area contributed by atoms with Gasteiger partial charge in [-0.2, -0.15) is 0 Å². The van der Waals surface area contributed by atoms with E-state index in [-0.39, 0.29) is 5.75 Å². The van der Waals surface area contributed by atoms with E-state index < -0.39 is 0 Å². The van der Waals surface area contributed by atoms with Gasteiger partial charge < -0.3 is 15.2 Å². The van der Waals surface area contributed by atoms with Crippen LogP contribution in [0, 0.1) is 0 Å². The Morgan fingerprint density at radius 1 is 1.06 bits per heavy atom. The van der Waals surface area contributed by atoms with Gasteiger partial charge >= 0.3 is 0 Å². The molecular formula is C14H13NO2. The number of benzene rings is 2. The minimum atomic E-state index is 0.280. The third kappa shape index (κ3) is 1.80. The van der Waals surface area contributed by atoms with Crippen LogP contribution in [0.2, 0.25) is 0 Å². The zero-order valence-electron chi connectivity index (χ0n) is 9.31. The summed E-state index contributed by atoms with van der Waals surface area (Å²) in [6.45, 7) is 1.52. The van der Waals surface area contributed by atoms with Gasteiger partial charge in [-0.1, -0.05) is 24.3 Å². The highest BCUT2D eigenvalue weighted by atomic mass is 16.5. The van der Waals surface area contributed by atoms with E-state index in [1.165, 1.54) is 0 Å². The van der Waals surface area contributed by atoms with Gasteiger partial charge in [-0.25, -0.2) is 0 Å². The zero-order chi connectivity index (χ0) is 11.7. The van der Waals surface area contributed by atoms with Crippen LogP contribution in [0.5, 0.6) is 11.5 Å². The molecule has 0 aliphatic carbocycles. The number of ether oxygens (including phenoxy) is 1. The van der Waals surface area contributed by atoms with Crippen LogP contribution in [0.1, 0.15) is 0 Å². The molecule has 3 heteroatoms. The highest BCUT2D eigenvalue weighted by Crippen LogP contribution is 2.37. The Labute approximate surface area is 99.7 Å². The maximum absolute atomic E-state index is 9.30. The van der Waals surface area contributed by atoms with Gasteiger partial charge in [0.05, 0.1) is 5.69 Å². The van der Waals surface area contributed by atoms with Crippen LogP contribution < -0.4 is 10.1 Å². The highest BCUT2D eigenvalue weighted by molar-refractivity contribution is 5.82. The number of rotatable bonds is 1. The Morgan fingerprint density at radius 3 is 2.71 bits per heavy atom. The van der Waals surface area contributed by atoms with E-state index in [9.17, 15) is 5.11 Å². The fraction of sp³-hybridized carbons (Fsp3) is 0.143. The van der Waals surface area contributed by atoms with Gasteiger partial charge in [-0.15, -0.1) is 0 Å². The van der Waals surface area contributed by atoms with Crippen molar-refractivity contribution in [3.63, 3.8) is 0 Å². The Bertz CT molecular complexity index is 534. The van der Waals surface area contributed by atoms with Crippen LogP contribution in [-0.4, -0.2) is 18.3 Å². The zero-order valence-corrected chi connectivity index (χ0v) is 9.31. The Kier molecular flexibility index (Phi) is 2.37. The van der Waals surface area contributed by atoms with Crippen molar-refractivity contribution in [2.24, 2.45) is 0 Å². The fourth-order valence-electron chi connectivity index (χ4n) is 2.05. The minimum absolute atomic E-state index is 0.280. The number of nitrogens with one attached hydrogen (secondary N) is 1.